The van der Waals surface area contributed by atoms with Gasteiger partial charge in [-0.2, -0.15) is 5.26 Å². The SMILES string of the molecule is Cc1cc(C(=O)N(C)c2ccccc2)c(C)cc1NC(=O)CNc1ccc(C#N)cc1. The van der Waals surface area contributed by atoms with Crippen LogP contribution in [-0.4, -0.2) is 25.4 Å². The Hall–Kier alpha value is -4.11. The number of carbonyl (C=O) groups is 2. The summed E-state index contributed by atoms with van der Waals surface area (Å²) in [5.74, 6) is -0.306. The first kappa shape index (κ1) is 21.6. The van der Waals surface area contributed by atoms with E-state index in [2.05, 4.69) is 16.7 Å². The predicted molar refractivity (Wildman–Crippen MR) is 123 cm³/mol. The summed E-state index contributed by atoms with van der Waals surface area (Å²) >= 11 is 0. The molecule has 0 spiro atoms. The molecule has 0 saturated carbocycles. The molecule has 3 aromatic carbocycles. The Labute approximate surface area is 182 Å². The minimum Gasteiger partial charge on any atom is -0.376 e. The second-order valence-corrected chi connectivity index (χ2v) is 7.27. The van der Waals surface area contributed by atoms with Crippen molar-refractivity contribution in [1.29, 1.82) is 5.26 Å². The molecule has 156 valence electrons. The smallest absolute Gasteiger partial charge is 0.258 e. The zero-order valence-corrected chi connectivity index (χ0v) is 17.8. The van der Waals surface area contributed by atoms with Crippen LogP contribution in [0.15, 0.2) is 66.7 Å². The van der Waals surface area contributed by atoms with Crippen molar-refractivity contribution in [1.82, 2.24) is 0 Å². The van der Waals surface area contributed by atoms with Gasteiger partial charge in [0.15, 0.2) is 0 Å². The van der Waals surface area contributed by atoms with E-state index in [1.54, 1.807) is 42.3 Å². The molecule has 6 nitrogen and oxygen atoms in total. The highest BCUT2D eigenvalue weighted by Crippen LogP contribution is 2.23. The lowest BCUT2D eigenvalue weighted by atomic mass is 10.0. The van der Waals surface area contributed by atoms with Crippen LogP contribution in [0.4, 0.5) is 17.1 Å². The predicted octanol–water partition coefficient (Wildman–Crippen LogP) is 4.50. The molecular weight excluding hydrogens is 388 g/mol. The number of benzene rings is 3. The van der Waals surface area contributed by atoms with Crippen molar-refractivity contribution < 1.29 is 9.59 Å². The molecule has 0 fully saturated rings. The third-order valence-electron chi connectivity index (χ3n) is 4.99. The monoisotopic (exact) mass is 412 g/mol. The number of anilines is 3. The summed E-state index contributed by atoms with van der Waals surface area (Å²) in [6.45, 7) is 3.81. The van der Waals surface area contributed by atoms with Crippen molar-refractivity contribution in [2.75, 3.05) is 29.1 Å². The quantitative estimate of drug-likeness (QED) is 0.624. The number of nitrogens with zero attached hydrogens (tertiary/aromatic N) is 2. The maximum atomic E-state index is 13.0. The van der Waals surface area contributed by atoms with Gasteiger partial charge >= 0.3 is 0 Å². The van der Waals surface area contributed by atoms with Gasteiger partial charge in [-0.05, 0) is 73.5 Å². The second kappa shape index (κ2) is 9.59. The first-order valence-corrected chi connectivity index (χ1v) is 9.87. The number of carbonyl (C=O) groups excluding carboxylic acids is 2. The van der Waals surface area contributed by atoms with Crippen LogP contribution in [0.25, 0.3) is 0 Å². The molecule has 0 radical (unpaired) electrons. The number of amides is 2. The molecule has 2 amide bonds. The number of nitrogens with one attached hydrogen (secondary N) is 2. The summed E-state index contributed by atoms with van der Waals surface area (Å²) in [4.78, 5) is 27.0. The van der Waals surface area contributed by atoms with E-state index >= 15 is 0 Å². The number of hydrogen-bond acceptors (Lipinski definition) is 4. The van der Waals surface area contributed by atoms with E-state index in [4.69, 9.17) is 5.26 Å². The summed E-state index contributed by atoms with van der Waals surface area (Å²) in [5, 5.41) is 14.8. The minimum absolute atomic E-state index is 0.0851. The molecule has 0 aromatic heterocycles. The molecule has 0 atom stereocenters. The standard InChI is InChI=1S/C25H24N4O2/c1-17-14-23(28-24(30)16-27-20-11-9-19(15-26)10-12-20)18(2)13-22(17)25(31)29(3)21-7-5-4-6-8-21/h4-14,27H,16H2,1-3H3,(H,28,30). The molecule has 0 unspecified atom stereocenters. The van der Waals surface area contributed by atoms with Crippen molar-refractivity contribution in [3.05, 3.63) is 89.0 Å². The van der Waals surface area contributed by atoms with Gasteiger partial charge in [0.1, 0.15) is 0 Å². The second-order valence-electron chi connectivity index (χ2n) is 7.27. The summed E-state index contributed by atoms with van der Waals surface area (Å²) < 4.78 is 0. The van der Waals surface area contributed by atoms with Gasteiger partial charge in [-0.25, -0.2) is 0 Å². The van der Waals surface area contributed by atoms with Crippen LogP contribution in [0, 0.1) is 25.2 Å². The molecule has 31 heavy (non-hydrogen) atoms. The van der Waals surface area contributed by atoms with Crippen LogP contribution in [0.1, 0.15) is 27.0 Å². The Morgan fingerprint density at radius 2 is 1.65 bits per heavy atom. The van der Waals surface area contributed by atoms with Crippen molar-refractivity contribution in [2.45, 2.75) is 13.8 Å². The summed E-state index contributed by atoms with van der Waals surface area (Å²) in [7, 11) is 1.75. The van der Waals surface area contributed by atoms with Crippen LogP contribution in [0.5, 0.6) is 0 Å². The first-order valence-electron chi connectivity index (χ1n) is 9.87. The van der Waals surface area contributed by atoms with Gasteiger partial charge in [-0.3, -0.25) is 9.59 Å². The molecule has 0 aliphatic rings. The van der Waals surface area contributed by atoms with Gasteiger partial charge in [0.05, 0.1) is 18.2 Å². The van der Waals surface area contributed by atoms with Gasteiger partial charge in [-0.15, -0.1) is 0 Å². The molecular formula is C25H24N4O2. The van der Waals surface area contributed by atoms with E-state index in [-0.39, 0.29) is 18.4 Å². The average molecular weight is 412 g/mol. The molecule has 0 bridgehead atoms. The van der Waals surface area contributed by atoms with Crippen LogP contribution in [0.2, 0.25) is 0 Å². The van der Waals surface area contributed by atoms with Crippen LogP contribution >= 0.6 is 0 Å². The number of rotatable bonds is 6. The summed E-state index contributed by atoms with van der Waals surface area (Å²) in [5.41, 5.74) is 4.99. The van der Waals surface area contributed by atoms with Crippen molar-refractivity contribution in [3.63, 3.8) is 0 Å². The third kappa shape index (κ3) is 5.28. The zero-order valence-electron chi connectivity index (χ0n) is 17.8. The topological polar surface area (TPSA) is 85.2 Å². The van der Waals surface area contributed by atoms with E-state index in [0.29, 0.717) is 16.8 Å². The largest absolute Gasteiger partial charge is 0.376 e. The molecule has 6 heteroatoms. The van der Waals surface area contributed by atoms with Gasteiger partial charge < -0.3 is 15.5 Å². The number of nitriles is 1. The Bertz CT molecular complexity index is 1130. The molecule has 0 aliphatic carbocycles. The lowest BCUT2D eigenvalue weighted by Crippen LogP contribution is -2.27. The highest BCUT2D eigenvalue weighted by Gasteiger charge is 2.17. The molecule has 2 N–H and O–H groups in total. The minimum atomic E-state index is -0.202. The zero-order chi connectivity index (χ0) is 22.4. The maximum Gasteiger partial charge on any atom is 0.258 e. The van der Waals surface area contributed by atoms with Gasteiger partial charge in [0.25, 0.3) is 5.91 Å². The van der Waals surface area contributed by atoms with Gasteiger partial charge in [0.2, 0.25) is 5.91 Å². The van der Waals surface area contributed by atoms with Gasteiger partial charge in [-0.1, -0.05) is 18.2 Å². The fourth-order valence-electron chi connectivity index (χ4n) is 3.17. The number of hydrogen-bond donors (Lipinski definition) is 2. The fraction of sp³-hybridized carbons (Fsp3) is 0.160. The van der Waals surface area contributed by atoms with Gasteiger partial charge in [0, 0.05) is 29.7 Å². The number of aryl methyl sites for hydroxylation is 2. The van der Waals surface area contributed by atoms with E-state index in [0.717, 1.165) is 22.5 Å². The van der Waals surface area contributed by atoms with Crippen molar-refractivity contribution >= 4 is 28.9 Å². The van der Waals surface area contributed by atoms with E-state index in [1.165, 1.54) is 0 Å². The number of para-hydroxylation sites is 1. The van der Waals surface area contributed by atoms with E-state index in [1.807, 2.05) is 50.2 Å². The Kier molecular flexibility index (Phi) is 6.68. The summed E-state index contributed by atoms with van der Waals surface area (Å²) in [6.07, 6.45) is 0. The lowest BCUT2D eigenvalue weighted by molar-refractivity contribution is -0.114. The van der Waals surface area contributed by atoms with E-state index < -0.39 is 0 Å². The first-order chi connectivity index (χ1) is 14.9. The fourth-order valence-corrected chi connectivity index (χ4v) is 3.17. The van der Waals surface area contributed by atoms with Crippen LogP contribution < -0.4 is 15.5 Å². The maximum absolute atomic E-state index is 13.0. The highest BCUT2D eigenvalue weighted by molar-refractivity contribution is 6.07. The van der Waals surface area contributed by atoms with Crippen LogP contribution in [-0.2, 0) is 4.79 Å². The molecule has 3 aromatic rings. The van der Waals surface area contributed by atoms with Crippen LogP contribution in [0.3, 0.4) is 0 Å². The lowest BCUT2D eigenvalue weighted by Gasteiger charge is -2.20. The average Bonchev–Trinajstić information content (AvgIpc) is 2.79. The Balaban J connectivity index is 1.67. The highest BCUT2D eigenvalue weighted by atomic mass is 16.2. The molecule has 0 saturated heterocycles. The Morgan fingerprint density at radius 3 is 2.29 bits per heavy atom. The Morgan fingerprint density at radius 1 is 0.968 bits per heavy atom. The normalized spacial score (nSPS) is 10.1. The molecule has 0 heterocycles. The molecule has 0 aliphatic heterocycles. The summed E-state index contributed by atoms with van der Waals surface area (Å²) in [6, 6.07) is 22.0. The third-order valence-corrected chi connectivity index (χ3v) is 4.99. The van der Waals surface area contributed by atoms with Crippen molar-refractivity contribution in [2.24, 2.45) is 0 Å². The van der Waals surface area contributed by atoms with Crippen molar-refractivity contribution in [3.8, 4) is 6.07 Å². The van der Waals surface area contributed by atoms with E-state index in [9.17, 15) is 9.59 Å². The molecule has 3 rings (SSSR count).